The van der Waals surface area contributed by atoms with Gasteiger partial charge in [-0.1, -0.05) is 30.3 Å². The lowest BCUT2D eigenvalue weighted by Gasteiger charge is -2.23. The van der Waals surface area contributed by atoms with E-state index in [0.29, 0.717) is 6.54 Å². The quantitative estimate of drug-likeness (QED) is 0.596. The van der Waals surface area contributed by atoms with Gasteiger partial charge in [-0.25, -0.2) is 0 Å². The van der Waals surface area contributed by atoms with Gasteiger partial charge in [-0.05, 0) is 24.9 Å². The zero-order valence-electron chi connectivity index (χ0n) is 12.9. The number of hydrogen-bond donors (Lipinski definition) is 2. The molecule has 1 aliphatic rings. The molecule has 1 atom stereocenters. The van der Waals surface area contributed by atoms with E-state index in [1.54, 1.807) is 18.0 Å². The molecule has 0 bridgehead atoms. The van der Waals surface area contributed by atoms with E-state index in [4.69, 9.17) is 0 Å². The predicted molar refractivity (Wildman–Crippen MR) is 90.0 cm³/mol. The van der Waals surface area contributed by atoms with E-state index < -0.39 is 0 Å². The van der Waals surface area contributed by atoms with Crippen LogP contribution in [-0.2, 0) is 11.3 Å². The van der Waals surface area contributed by atoms with Crippen LogP contribution in [0.1, 0.15) is 18.4 Å². The fourth-order valence-electron chi connectivity index (χ4n) is 2.84. The van der Waals surface area contributed by atoms with Gasteiger partial charge in [0.1, 0.15) is 5.03 Å². The van der Waals surface area contributed by atoms with Gasteiger partial charge >= 0.3 is 0 Å². The normalized spacial score (nSPS) is 18.2. The average molecular weight is 331 g/mol. The van der Waals surface area contributed by atoms with Gasteiger partial charge < -0.3 is 5.32 Å². The minimum Gasteiger partial charge on any atom is -0.354 e. The highest BCUT2D eigenvalue weighted by molar-refractivity contribution is 7.99. The van der Waals surface area contributed by atoms with E-state index in [1.165, 1.54) is 5.56 Å². The number of amides is 1. The molecule has 3 rings (SSSR count). The fraction of sp³-hybridized carbons (Fsp3) is 0.438. The van der Waals surface area contributed by atoms with E-state index in [1.807, 2.05) is 18.2 Å². The van der Waals surface area contributed by atoms with Gasteiger partial charge in [0.25, 0.3) is 0 Å². The standard InChI is InChI=1S/C16H21N5OS/c22-16(17-8-10-23-15-11-18-20-19-15)14-7-4-9-21(14)12-13-5-2-1-3-6-13/h1-3,5-6,11,14H,4,7-10,12H2,(H,17,22)(H,18,19,20)/t14-/m0/s1. The number of carbonyl (C=O) groups is 1. The summed E-state index contributed by atoms with van der Waals surface area (Å²) in [5.74, 6) is 0.933. The molecule has 1 fully saturated rings. The van der Waals surface area contributed by atoms with Crippen molar-refractivity contribution in [1.82, 2.24) is 25.6 Å². The average Bonchev–Trinajstić information content (AvgIpc) is 3.24. The summed E-state index contributed by atoms with van der Waals surface area (Å²) in [4.78, 5) is 14.7. The first-order valence-electron chi connectivity index (χ1n) is 7.87. The molecular weight excluding hydrogens is 310 g/mol. The summed E-state index contributed by atoms with van der Waals surface area (Å²) < 4.78 is 0. The van der Waals surface area contributed by atoms with Crippen molar-refractivity contribution in [2.75, 3.05) is 18.8 Å². The molecule has 0 aliphatic carbocycles. The second-order valence-corrected chi connectivity index (χ2v) is 6.68. The van der Waals surface area contributed by atoms with Crippen LogP contribution >= 0.6 is 11.8 Å². The van der Waals surface area contributed by atoms with E-state index >= 15 is 0 Å². The van der Waals surface area contributed by atoms with Gasteiger partial charge in [0.2, 0.25) is 5.91 Å². The number of H-pyrrole nitrogens is 1. The van der Waals surface area contributed by atoms with Crippen LogP contribution in [-0.4, -0.2) is 51.1 Å². The molecule has 1 aromatic heterocycles. The number of aromatic amines is 1. The Hall–Kier alpha value is -1.86. The third-order valence-corrected chi connectivity index (χ3v) is 4.84. The van der Waals surface area contributed by atoms with Crippen molar-refractivity contribution in [3.8, 4) is 0 Å². The van der Waals surface area contributed by atoms with Crippen molar-refractivity contribution in [2.45, 2.75) is 30.5 Å². The molecule has 1 saturated heterocycles. The molecule has 1 aliphatic heterocycles. The van der Waals surface area contributed by atoms with Crippen molar-refractivity contribution in [3.05, 3.63) is 42.1 Å². The third-order valence-electron chi connectivity index (χ3n) is 3.94. The minimum absolute atomic E-state index is 0.00717. The van der Waals surface area contributed by atoms with E-state index in [9.17, 15) is 4.79 Å². The predicted octanol–water partition coefficient (Wildman–Crippen LogP) is 1.68. The van der Waals surface area contributed by atoms with Crippen LogP contribution in [0, 0.1) is 0 Å². The molecule has 1 aromatic carbocycles. The molecule has 2 aromatic rings. The lowest BCUT2D eigenvalue weighted by molar-refractivity contribution is -0.125. The zero-order chi connectivity index (χ0) is 15.9. The summed E-state index contributed by atoms with van der Waals surface area (Å²) in [5.41, 5.74) is 1.26. The van der Waals surface area contributed by atoms with Gasteiger partial charge in [-0.3, -0.25) is 9.69 Å². The van der Waals surface area contributed by atoms with Gasteiger partial charge in [0.05, 0.1) is 12.2 Å². The maximum absolute atomic E-state index is 12.4. The van der Waals surface area contributed by atoms with Gasteiger partial charge in [0.15, 0.2) is 0 Å². The van der Waals surface area contributed by atoms with Gasteiger partial charge in [-0.2, -0.15) is 10.3 Å². The summed E-state index contributed by atoms with van der Waals surface area (Å²) in [5, 5.41) is 14.2. The monoisotopic (exact) mass is 331 g/mol. The number of aromatic nitrogens is 3. The summed E-state index contributed by atoms with van der Waals surface area (Å²) in [7, 11) is 0. The maximum atomic E-state index is 12.4. The van der Waals surface area contributed by atoms with Crippen LogP contribution < -0.4 is 5.32 Å². The first-order chi connectivity index (χ1) is 11.3. The summed E-state index contributed by atoms with van der Waals surface area (Å²) in [6, 6.07) is 10.3. The molecule has 0 saturated carbocycles. The second-order valence-electron chi connectivity index (χ2n) is 5.56. The SMILES string of the molecule is O=C(NCCSc1cn[nH]n1)[C@@H]1CCCN1Cc1ccccc1. The van der Waals surface area contributed by atoms with Crippen LogP contribution in [0.2, 0.25) is 0 Å². The topological polar surface area (TPSA) is 73.9 Å². The number of benzene rings is 1. The highest BCUT2D eigenvalue weighted by Gasteiger charge is 2.30. The van der Waals surface area contributed by atoms with Crippen LogP contribution in [0.4, 0.5) is 0 Å². The van der Waals surface area contributed by atoms with Crippen molar-refractivity contribution in [1.29, 1.82) is 0 Å². The number of nitrogens with zero attached hydrogens (tertiary/aromatic N) is 3. The van der Waals surface area contributed by atoms with Gasteiger partial charge in [0, 0.05) is 18.8 Å². The van der Waals surface area contributed by atoms with Crippen molar-refractivity contribution >= 4 is 17.7 Å². The highest BCUT2D eigenvalue weighted by Crippen LogP contribution is 2.20. The first-order valence-corrected chi connectivity index (χ1v) is 8.86. The second kappa shape index (κ2) is 8.12. The van der Waals surface area contributed by atoms with E-state index in [-0.39, 0.29) is 11.9 Å². The number of hydrogen-bond acceptors (Lipinski definition) is 5. The lowest BCUT2D eigenvalue weighted by Crippen LogP contribution is -2.43. The Morgan fingerprint density at radius 3 is 3.04 bits per heavy atom. The Labute approximate surface area is 140 Å². The summed E-state index contributed by atoms with van der Waals surface area (Å²) in [6.07, 6.45) is 3.71. The first kappa shape index (κ1) is 16.0. The molecule has 2 heterocycles. The molecule has 7 heteroatoms. The number of carbonyl (C=O) groups excluding carboxylic acids is 1. The Kier molecular flexibility index (Phi) is 5.65. The molecule has 122 valence electrons. The van der Waals surface area contributed by atoms with Crippen LogP contribution in [0.5, 0.6) is 0 Å². The Morgan fingerprint density at radius 1 is 1.39 bits per heavy atom. The zero-order valence-corrected chi connectivity index (χ0v) is 13.8. The number of rotatable bonds is 7. The molecule has 0 unspecified atom stereocenters. The van der Waals surface area contributed by atoms with Crippen molar-refractivity contribution in [2.24, 2.45) is 0 Å². The van der Waals surface area contributed by atoms with Crippen LogP contribution in [0.3, 0.4) is 0 Å². The van der Waals surface area contributed by atoms with E-state index in [0.717, 1.165) is 36.7 Å². The molecule has 2 N–H and O–H groups in total. The molecule has 1 amide bonds. The smallest absolute Gasteiger partial charge is 0.237 e. The molecule has 6 nitrogen and oxygen atoms in total. The van der Waals surface area contributed by atoms with E-state index in [2.05, 4.69) is 37.8 Å². The number of nitrogens with one attached hydrogen (secondary N) is 2. The van der Waals surface area contributed by atoms with Crippen LogP contribution in [0.15, 0.2) is 41.6 Å². The Morgan fingerprint density at radius 2 is 2.26 bits per heavy atom. The number of likely N-dealkylation sites (tertiary alicyclic amines) is 1. The van der Waals surface area contributed by atoms with Crippen molar-refractivity contribution < 1.29 is 4.79 Å². The third kappa shape index (κ3) is 4.56. The lowest BCUT2D eigenvalue weighted by atomic mass is 10.1. The highest BCUT2D eigenvalue weighted by atomic mass is 32.2. The minimum atomic E-state index is -0.00717. The number of thioether (sulfide) groups is 1. The molecule has 0 spiro atoms. The fourth-order valence-corrected chi connectivity index (χ4v) is 3.48. The van der Waals surface area contributed by atoms with Crippen LogP contribution in [0.25, 0.3) is 0 Å². The van der Waals surface area contributed by atoms with Gasteiger partial charge in [-0.15, -0.1) is 16.9 Å². The largest absolute Gasteiger partial charge is 0.354 e. The van der Waals surface area contributed by atoms with Crippen molar-refractivity contribution in [3.63, 3.8) is 0 Å². The summed E-state index contributed by atoms with van der Waals surface area (Å²) >= 11 is 1.58. The Bertz CT molecular complexity index is 604. The maximum Gasteiger partial charge on any atom is 0.237 e. The molecular formula is C16H21N5OS. The molecule has 0 radical (unpaired) electrons. The Balaban J connectivity index is 1.44. The summed E-state index contributed by atoms with van der Waals surface area (Å²) in [6.45, 7) is 2.47. The molecule has 23 heavy (non-hydrogen) atoms.